The average molecular weight is 228 g/mol. The highest BCUT2D eigenvalue weighted by molar-refractivity contribution is 5.48. The van der Waals surface area contributed by atoms with Crippen LogP contribution in [0.5, 0.6) is 0 Å². The van der Waals surface area contributed by atoms with E-state index < -0.39 is 0 Å². The Balaban J connectivity index is 2.15. The molecule has 1 heteroatoms. The van der Waals surface area contributed by atoms with Gasteiger partial charge in [0.05, 0.1) is 13.2 Å². The molecule has 0 fully saturated rings. The van der Waals surface area contributed by atoms with Crippen molar-refractivity contribution >= 4 is 6.08 Å². The van der Waals surface area contributed by atoms with Crippen molar-refractivity contribution in [2.24, 2.45) is 0 Å². The van der Waals surface area contributed by atoms with Crippen LogP contribution < -0.4 is 0 Å². The molecule has 0 aromatic heterocycles. The lowest BCUT2D eigenvalue weighted by Crippen LogP contribution is -1.96. The van der Waals surface area contributed by atoms with Gasteiger partial charge >= 0.3 is 0 Å². The highest BCUT2D eigenvalue weighted by Crippen LogP contribution is 2.08. The van der Waals surface area contributed by atoms with E-state index in [9.17, 15) is 0 Å². The van der Waals surface area contributed by atoms with Gasteiger partial charge in [0, 0.05) is 0 Å². The van der Waals surface area contributed by atoms with E-state index in [1.807, 2.05) is 31.2 Å². The molecule has 0 atom stereocenters. The van der Waals surface area contributed by atoms with Crippen molar-refractivity contribution in [2.45, 2.75) is 13.3 Å². The predicted octanol–water partition coefficient (Wildman–Crippen LogP) is 4.24. The molecule has 1 nitrogen and oxygen atoms in total. The summed E-state index contributed by atoms with van der Waals surface area (Å²) >= 11 is 0. The molecule has 0 N–H and O–H groups in total. The van der Waals surface area contributed by atoms with Crippen LogP contribution >= 0.6 is 0 Å². The first-order valence-corrected chi connectivity index (χ1v) is 5.83. The number of hydrogen-bond acceptors (Lipinski definition) is 1. The number of benzene rings is 1. The van der Waals surface area contributed by atoms with Crippen LogP contribution in [0.4, 0.5) is 0 Å². The van der Waals surface area contributed by atoms with Crippen LogP contribution in [0, 0.1) is 0 Å². The topological polar surface area (TPSA) is 9.23 Å². The van der Waals surface area contributed by atoms with E-state index in [0.717, 1.165) is 17.6 Å². The molecule has 0 amide bonds. The maximum absolute atomic E-state index is 5.49. The second-order valence-electron chi connectivity index (χ2n) is 4.02. The molecule has 1 aromatic carbocycles. The van der Waals surface area contributed by atoms with E-state index in [-0.39, 0.29) is 0 Å². The zero-order valence-corrected chi connectivity index (χ0v) is 10.5. The number of allylic oxidation sites excluding steroid dienone is 1. The molecular weight excluding hydrogens is 208 g/mol. The van der Waals surface area contributed by atoms with Gasteiger partial charge in [0.1, 0.15) is 0 Å². The molecule has 1 aromatic rings. The lowest BCUT2D eigenvalue weighted by molar-refractivity contribution is 0.166. The van der Waals surface area contributed by atoms with Crippen LogP contribution in [0.3, 0.4) is 0 Å². The van der Waals surface area contributed by atoms with Crippen molar-refractivity contribution < 1.29 is 4.74 Å². The second-order valence-corrected chi connectivity index (χ2v) is 4.02. The Morgan fingerprint density at radius 2 is 1.94 bits per heavy atom. The first kappa shape index (κ1) is 13.5. The lowest BCUT2D eigenvalue weighted by Gasteiger charge is -2.04. The summed E-state index contributed by atoms with van der Waals surface area (Å²) in [6.07, 6.45) is 4.95. The standard InChI is InChI=1S/C16H20O/c1-14(2)15(3)11-13-17-12-7-10-16-8-5-4-6-9-16/h4-10H,1,3,11-13H2,2H3/b10-7+. The molecule has 0 aliphatic heterocycles. The molecule has 0 unspecified atom stereocenters. The van der Waals surface area contributed by atoms with Crippen molar-refractivity contribution in [3.63, 3.8) is 0 Å². The summed E-state index contributed by atoms with van der Waals surface area (Å²) in [7, 11) is 0. The normalized spacial score (nSPS) is 10.6. The van der Waals surface area contributed by atoms with Crippen molar-refractivity contribution in [2.75, 3.05) is 13.2 Å². The van der Waals surface area contributed by atoms with E-state index in [1.165, 1.54) is 5.56 Å². The molecule has 0 aliphatic rings. The summed E-state index contributed by atoms with van der Waals surface area (Å²) in [5.41, 5.74) is 3.30. The van der Waals surface area contributed by atoms with E-state index in [1.54, 1.807) is 0 Å². The van der Waals surface area contributed by atoms with Gasteiger partial charge in [-0.2, -0.15) is 0 Å². The first-order chi connectivity index (χ1) is 8.20. The second kappa shape index (κ2) is 7.64. The van der Waals surface area contributed by atoms with Crippen molar-refractivity contribution in [3.05, 3.63) is 66.3 Å². The zero-order chi connectivity index (χ0) is 12.5. The Bertz CT molecular complexity index is 387. The van der Waals surface area contributed by atoms with E-state index in [2.05, 4.69) is 31.4 Å². The molecule has 0 spiro atoms. The van der Waals surface area contributed by atoms with Gasteiger partial charge in [-0.1, -0.05) is 66.8 Å². The summed E-state index contributed by atoms with van der Waals surface area (Å²) in [6, 6.07) is 10.2. The maximum atomic E-state index is 5.49. The number of ether oxygens (including phenoxy) is 1. The van der Waals surface area contributed by atoms with Gasteiger partial charge in [0.2, 0.25) is 0 Å². The van der Waals surface area contributed by atoms with Gasteiger partial charge < -0.3 is 4.74 Å². The van der Waals surface area contributed by atoms with Gasteiger partial charge in [0.25, 0.3) is 0 Å². The van der Waals surface area contributed by atoms with Gasteiger partial charge in [-0.05, 0) is 18.9 Å². The molecule has 0 heterocycles. The molecule has 0 saturated carbocycles. The third-order valence-electron chi connectivity index (χ3n) is 2.48. The van der Waals surface area contributed by atoms with E-state index in [4.69, 9.17) is 4.74 Å². The summed E-state index contributed by atoms with van der Waals surface area (Å²) in [6.45, 7) is 11.1. The predicted molar refractivity (Wildman–Crippen MR) is 74.9 cm³/mol. The van der Waals surface area contributed by atoms with Gasteiger partial charge in [-0.25, -0.2) is 0 Å². The Morgan fingerprint density at radius 1 is 1.24 bits per heavy atom. The van der Waals surface area contributed by atoms with Crippen LogP contribution in [-0.2, 0) is 4.74 Å². The molecule has 0 saturated heterocycles. The number of hydrogen-bond donors (Lipinski definition) is 0. The quantitative estimate of drug-likeness (QED) is 0.501. The summed E-state index contributed by atoms with van der Waals surface area (Å²) in [4.78, 5) is 0. The van der Waals surface area contributed by atoms with E-state index in [0.29, 0.717) is 13.2 Å². The minimum atomic E-state index is 0.637. The molecule has 0 radical (unpaired) electrons. The van der Waals surface area contributed by atoms with Crippen LogP contribution in [0.25, 0.3) is 6.08 Å². The Morgan fingerprint density at radius 3 is 2.59 bits per heavy atom. The highest BCUT2D eigenvalue weighted by Gasteiger charge is 1.93. The Kier molecular flexibility index (Phi) is 6.05. The summed E-state index contributed by atoms with van der Waals surface area (Å²) < 4.78 is 5.49. The smallest absolute Gasteiger partial charge is 0.0650 e. The van der Waals surface area contributed by atoms with Crippen LogP contribution in [0.15, 0.2) is 60.7 Å². The van der Waals surface area contributed by atoms with Crippen molar-refractivity contribution in [1.29, 1.82) is 0 Å². The van der Waals surface area contributed by atoms with Crippen LogP contribution in [-0.4, -0.2) is 13.2 Å². The maximum Gasteiger partial charge on any atom is 0.0650 e. The van der Waals surface area contributed by atoms with Crippen LogP contribution in [0.1, 0.15) is 18.9 Å². The highest BCUT2D eigenvalue weighted by atomic mass is 16.5. The van der Waals surface area contributed by atoms with Gasteiger partial charge in [-0.15, -0.1) is 0 Å². The van der Waals surface area contributed by atoms with E-state index >= 15 is 0 Å². The minimum Gasteiger partial charge on any atom is -0.377 e. The molecule has 17 heavy (non-hydrogen) atoms. The SMILES string of the molecule is C=C(C)C(=C)CCOC/C=C/c1ccccc1. The average Bonchev–Trinajstić information content (AvgIpc) is 2.34. The lowest BCUT2D eigenvalue weighted by atomic mass is 10.1. The fourth-order valence-corrected chi connectivity index (χ4v) is 1.31. The third kappa shape index (κ3) is 5.88. The third-order valence-corrected chi connectivity index (χ3v) is 2.48. The minimum absolute atomic E-state index is 0.637. The van der Waals surface area contributed by atoms with Crippen LogP contribution in [0.2, 0.25) is 0 Å². The summed E-state index contributed by atoms with van der Waals surface area (Å²) in [5, 5.41) is 0. The largest absolute Gasteiger partial charge is 0.377 e. The van der Waals surface area contributed by atoms with Crippen molar-refractivity contribution in [1.82, 2.24) is 0 Å². The first-order valence-electron chi connectivity index (χ1n) is 5.83. The molecular formula is C16H20O. The number of rotatable bonds is 7. The Labute approximate surface area is 104 Å². The van der Waals surface area contributed by atoms with Gasteiger partial charge in [-0.3, -0.25) is 0 Å². The monoisotopic (exact) mass is 228 g/mol. The van der Waals surface area contributed by atoms with Gasteiger partial charge in [0.15, 0.2) is 0 Å². The molecule has 0 bridgehead atoms. The fourth-order valence-electron chi connectivity index (χ4n) is 1.31. The molecule has 0 aliphatic carbocycles. The Hall–Kier alpha value is -1.60. The fraction of sp³-hybridized carbons (Fsp3) is 0.250. The molecule has 1 rings (SSSR count). The molecule has 90 valence electrons. The summed E-state index contributed by atoms with van der Waals surface area (Å²) in [5.74, 6) is 0. The zero-order valence-electron chi connectivity index (χ0n) is 10.5. The van der Waals surface area contributed by atoms with Crippen molar-refractivity contribution in [3.8, 4) is 0 Å².